The summed E-state index contributed by atoms with van der Waals surface area (Å²) in [5.74, 6) is -0.0169. The summed E-state index contributed by atoms with van der Waals surface area (Å²) in [5.41, 5.74) is 6.72. The third kappa shape index (κ3) is 2.51. The van der Waals surface area contributed by atoms with Crippen molar-refractivity contribution >= 4 is 11.6 Å². The highest BCUT2D eigenvalue weighted by Gasteiger charge is 2.20. The van der Waals surface area contributed by atoms with Gasteiger partial charge in [0.2, 0.25) is 0 Å². The molecular formula is C12H19N3O. The molecule has 0 aliphatic carbocycles. The van der Waals surface area contributed by atoms with Crippen LogP contribution >= 0.6 is 0 Å². The van der Waals surface area contributed by atoms with Gasteiger partial charge in [0.1, 0.15) is 0 Å². The first-order valence-corrected chi connectivity index (χ1v) is 5.62. The van der Waals surface area contributed by atoms with Crippen molar-refractivity contribution in [3.63, 3.8) is 0 Å². The highest BCUT2D eigenvalue weighted by molar-refractivity contribution is 5.99. The highest BCUT2D eigenvalue weighted by Crippen LogP contribution is 2.15. The number of nitrogen functional groups attached to an aromatic ring is 1. The molecular weight excluding hydrogens is 202 g/mol. The van der Waals surface area contributed by atoms with Gasteiger partial charge in [-0.25, -0.2) is 0 Å². The molecule has 0 saturated carbocycles. The molecule has 0 radical (unpaired) electrons. The van der Waals surface area contributed by atoms with Gasteiger partial charge in [0, 0.05) is 18.8 Å². The second-order valence-corrected chi connectivity index (χ2v) is 3.81. The summed E-state index contributed by atoms with van der Waals surface area (Å²) < 4.78 is 0. The van der Waals surface area contributed by atoms with Crippen molar-refractivity contribution in [1.82, 2.24) is 9.88 Å². The predicted molar refractivity (Wildman–Crippen MR) is 65.1 cm³/mol. The van der Waals surface area contributed by atoms with E-state index in [2.05, 4.69) is 11.9 Å². The quantitative estimate of drug-likeness (QED) is 0.845. The molecule has 0 bridgehead atoms. The molecule has 0 fully saturated rings. The molecule has 4 nitrogen and oxygen atoms in total. The largest absolute Gasteiger partial charge is 0.397 e. The van der Waals surface area contributed by atoms with Crippen molar-refractivity contribution in [3.05, 3.63) is 24.0 Å². The Kier molecular flexibility index (Phi) is 4.28. The van der Waals surface area contributed by atoms with Gasteiger partial charge in [0.05, 0.1) is 17.4 Å². The van der Waals surface area contributed by atoms with Crippen LogP contribution in [-0.2, 0) is 0 Å². The second kappa shape index (κ2) is 5.49. The van der Waals surface area contributed by atoms with Gasteiger partial charge in [-0.3, -0.25) is 9.78 Å². The predicted octanol–water partition coefficient (Wildman–Crippen LogP) is 1.92. The van der Waals surface area contributed by atoms with Gasteiger partial charge >= 0.3 is 0 Å². The van der Waals surface area contributed by atoms with E-state index in [0.29, 0.717) is 17.8 Å². The van der Waals surface area contributed by atoms with Crippen molar-refractivity contribution in [1.29, 1.82) is 0 Å². The fourth-order valence-electron chi connectivity index (χ4n) is 1.63. The smallest absolute Gasteiger partial charge is 0.256 e. The Morgan fingerprint density at radius 3 is 2.75 bits per heavy atom. The van der Waals surface area contributed by atoms with Crippen molar-refractivity contribution in [2.45, 2.75) is 33.2 Å². The lowest BCUT2D eigenvalue weighted by atomic mass is 10.1. The van der Waals surface area contributed by atoms with Crippen LogP contribution in [0.5, 0.6) is 0 Å². The average Bonchev–Trinajstić information content (AvgIpc) is 2.30. The van der Waals surface area contributed by atoms with Gasteiger partial charge in [-0.05, 0) is 26.3 Å². The van der Waals surface area contributed by atoms with Gasteiger partial charge in [0.15, 0.2) is 0 Å². The number of rotatable bonds is 4. The van der Waals surface area contributed by atoms with E-state index in [-0.39, 0.29) is 11.9 Å². The van der Waals surface area contributed by atoms with Crippen LogP contribution in [0.1, 0.15) is 37.6 Å². The number of anilines is 1. The summed E-state index contributed by atoms with van der Waals surface area (Å²) >= 11 is 0. The van der Waals surface area contributed by atoms with Crippen LogP contribution in [0.25, 0.3) is 0 Å². The van der Waals surface area contributed by atoms with Gasteiger partial charge in [-0.2, -0.15) is 0 Å². The Morgan fingerprint density at radius 1 is 1.56 bits per heavy atom. The monoisotopic (exact) mass is 221 g/mol. The van der Waals surface area contributed by atoms with Crippen molar-refractivity contribution in [3.8, 4) is 0 Å². The van der Waals surface area contributed by atoms with E-state index in [1.807, 2.05) is 18.7 Å². The zero-order chi connectivity index (χ0) is 12.1. The summed E-state index contributed by atoms with van der Waals surface area (Å²) in [4.78, 5) is 17.9. The van der Waals surface area contributed by atoms with E-state index < -0.39 is 0 Å². The maximum absolute atomic E-state index is 12.2. The number of nitrogens with zero attached hydrogens (tertiary/aromatic N) is 2. The Balaban J connectivity index is 2.96. The van der Waals surface area contributed by atoms with Crippen LogP contribution in [-0.4, -0.2) is 28.4 Å². The summed E-state index contributed by atoms with van der Waals surface area (Å²) in [6, 6.07) is 1.90. The van der Waals surface area contributed by atoms with E-state index in [1.165, 1.54) is 6.20 Å². The molecule has 0 aliphatic rings. The highest BCUT2D eigenvalue weighted by atomic mass is 16.2. The number of carbonyl (C=O) groups is 1. The van der Waals surface area contributed by atoms with Crippen LogP contribution < -0.4 is 5.73 Å². The number of aromatic nitrogens is 1. The first-order valence-electron chi connectivity index (χ1n) is 5.62. The maximum atomic E-state index is 12.2. The van der Waals surface area contributed by atoms with Crippen molar-refractivity contribution < 1.29 is 4.79 Å². The molecule has 1 heterocycles. The Bertz CT molecular complexity index is 365. The maximum Gasteiger partial charge on any atom is 0.256 e. The van der Waals surface area contributed by atoms with Crippen molar-refractivity contribution in [2.24, 2.45) is 0 Å². The third-order valence-electron chi connectivity index (χ3n) is 2.81. The van der Waals surface area contributed by atoms with Crippen LogP contribution in [0.15, 0.2) is 18.5 Å². The number of hydrogen-bond acceptors (Lipinski definition) is 3. The normalized spacial score (nSPS) is 12.2. The van der Waals surface area contributed by atoms with Crippen LogP contribution in [0, 0.1) is 0 Å². The zero-order valence-electron chi connectivity index (χ0n) is 10.1. The summed E-state index contributed by atoms with van der Waals surface area (Å²) in [5, 5.41) is 0. The van der Waals surface area contributed by atoms with Crippen LogP contribution in [0.4, 0.5) is 5.69 Å². The lowest BCUT2D eigenvalue weighted by molar-refractivity contribution is 0.0701. The van der Waals surface area contributed by atoms with E-state index in [4.69, 9.17) is 5.73 Å². The Hall–Kier alpha value is -1.58. The molecule has 88 valence electrons. The number of amides is 1. The standard InChI is InChI=1S/C12H19N3O/c1-4-9(3)15(5-2)12(16)10-6-7-14-8-11(10)13/h6-9H,4-5,13H2,1-3H3. The second-order valence-electron chi connectivity index (χ2n) is 3.81. The lowest BCUT2D eigenvalue weighted by Gasteiger charge is -2.27. The molecule has 4 heteroatoms. The number of nitrogens with two attached hydrogens (primary N) is 1. The number of carbonyl (C=O) groups excluding carboxylic acids is 1. The molecule has 2 N–H and O–H groups in total. The molecule has 1 aromatic heterocycles. The van der Waals surface area contributed by atoms with Gasteiger partial charge in [-0.15, -0.1) is 0 Å². The molecule has 1 atom stereocenters. The van der Waals surface area contributed by atoms with E-state index >= 15 is 0 Å². The molecule has 16 heavy (non-hydrogen) atoms. The molecule has 0 aromatic carbocycles. The third-order valence-corrected chi connectivity index (χ3v) is 2.81. The minimum absolute atomic E-state index is 0.0169. The number of pyridine rings is 1. The van der Waals surface area contributed by atoms with Gasteiger partial charge < -0.3 is 10.6 Å². The Morgan fingerprint density at radius 2 is 2.25 bits per heavy atom. The average molecular weight is 221 g/mol. The summed E-state index contributed by atoms with van der Waals surface area (Å²) in [6.45, 7) is 6.77. The van der Waals surface area contributed by atoms with E-state index in [9.17, 15) is 4.79 Å². The SMILES string of the molecule is CCC(C)N(CC)C(=O)c1ccncc1N. The van der Waals surface area contributed by atoms with Crippen molar-refractivity contribution in [2.75, 3.05) is 12.3 Å². The molecule has 0 aliphatic heterocycles. The first kappa shape index (κ1) is 12.5. The Labute approximate surface area is 96.5 Å². The summed E-state index contributed by atoms with van der Waals surface area (Å²) in [7, 11) is 0. The van der Waals surface area contributed by atoms with Crippen LogP contribution in [0.3, 0.4) is 0 Å². The van der Waals surface area contributed by atoms with E-state index in [1.54, 1.807) is 12.3 Å². The summed E-state index contributed by atoms with van der Waals surface area (Å²) in [6.07, 6.45) is 4.04. The zero-order valence-corrected chi connectivity index (χ0v) is 10.1. The van der Waals surface area contributed by atoms with Gasteiger partial charge in [0.25, 0.3) is 5.91 Å². The topological polar surface area (TPSA) is 59.2 Å². The fourth-order valence-corrected chi connectivity index (χ4v) is 1.63. The molecule has 1 amide bonds. The lowest BCUT2D eigenvalue weighted by Crippen LogP contribution is -2.38. The molecule has 0 saturated heterocycles. The van der Waals surface area contributed by atoms with Gasteiger partial charge in [-0.1, -0.05) is 6.92 Å². The van der Waals surface area contributed by atoms with Crippen LogP contribution in [0.2, 0.25) is 0 Å². The number of hydrogen-bond donors (Lipinski definition) is 1. The molecule has 1 unspecified atom stereocenters. The first-order chi connectivity index (χ1) is 7.61. The molecule has 0 spiro atoms. The van der Waals surface area contributed by atoms with E-state index in [0.717, 1.165) is 6.42 Å². The fraction of sp³-hybridized carbons (Fsp3) is 0.500. The minimum Gasteiger partial charge on any atom is -0.397 e. The molecule has 1 aromatic rings. The minimum atomic E-state index is -0.0169. The molecule has 1 rings (SSSR count).